The molecule has 90 valence electrons. The van der Waals surface area contributed by atoms with Crippen LogP contribution in [0.1, 0.15) is 16.2 Å². The Kier molecular flexibility index (Phi) is 2.19. The fourth-order valence-electron chi connectivity index (χ4n) is 1.96. The van der Waals surface area contributed by atoms with Gasteiger partial charge in [0.05, 0.1) is 11.3 Å². The van der Waals surface area contributed by atoms with Gasteiger partial charge >= 0.3 is 5.97 Å². The summed E-state index contributed by atoms with van der Waals surface area (Å²) in [5.74, 6) is -0.899. The normalized spacial score (nSPS) is 10.9. The van der Waals surface area contributed by atoms with Crippen LogP contribution in [0, 0.1) is 6.92 Å². The van der Waals surface area contributed by atoms with Crippen LogP contribution in [0.4, 0.5) is 0 Å². The number of benzene rings is 1. The van der Waals surface area contributed by atoms with Gasteiger partial charge in [0.15, 0.2) is 0 Å². The van der Waals surface area contributed by atoms with Gasteiger partial charge in [0, 0.05) is 17.1 Å². The quantitative estimate of drug-likeness (QED) is 0.724. The molecule has 5 heteroatoms. The Morgan fingerprint density at radius 3 is 2.89 bits per heavy atom. The number of oxazole rings is 1. The molecule has 0 bridgehead atoms. The van der Waals surface area contributed by atoms with Crippen LogP contribution >= 0.6 is 0 Å². The van der Waals surface area contributed by atoms with Crippen molar-refractivity contribution in [2.75, 3.05) is 0 Å². The second kappa shape index (κ2) is 3.73. The number of para-hydroxylation sites is 1. The molecule has 5 nitrogen and oxygen atoms in total. The van der Waals surface area contributed by atoms with Crippen molar-refractivity contribution >= 4 is 16.9 Å². The molecule has 0 saturated carbocycles. The maximum atomic E-state index is 10.9. The van der Waals surface area contributed by atoms with E-state index in [-0.39, 0.29) is 5.76 Å². The molecule has 2 aromatic heterocycles. The second-order valence-electron chi connectivity index (χ2n) is 3.99. The molecule has 0 aliphatic heterocycles. The van der Waals surface area contributed by atoms with Crippen LogP contribution < -0.4 is 0 Å². The first-order valence-corrected chi connectivity index (χ1v) is 5.44. The molecule has 0 saturated heterocycles. The number of nitrogens with one attached hydrogen (secondary N) is 1. The number of aryl methyl sites for hydroxylation is 1. The Morgan fingerprint density at radius 2 is 2.17 bits per heavy atom. The number of fused-ring (bicyclic) bond motifs is 1. The highest BCUT2D eigenvalue weighted by molar-refractivity contribution is 5.94. The standard InChI is InChI=1S/C13H10N2O3/c1-7-11(13(16)17)18-12(15-7)9-6-14-10-5-3-2-4-8(9)10/h2-6,14H,1H3,(H,16,17). The van der Waals surface area contributed by atoms with Crippen LogP contribution in [-0.2, 0) is 0 Å². The summed E-state index contributed by atoms with van der Waals surface area (Å²) >= 11 is 0. The Balaban J connectivity index is 2.20. The summed E-state index contributed by atoms with van der Waals surface area (Å²) in [7, 11) is 0. The van der Waals surface area contributed by atoms with Crippen LogP contribution in [0.5, 0.6) is 0 Å². The summed E-state index contributed by atoms with van der Waals surface area (Å²) in [5, 5.41) is 9.90. The zero-order chi connectivity index (χ0) is 12.7. The van der Waals surface area contributed by atoms with E-state index in [0.717, 1.165) is 16.5 Å². The van der Waals surface area contributed by atoms with Gasteiger partial charge in [-0.1, -0.05) is 18.2 Å². The number of aromatic amines is 1. The van der Waals surface area contributed by atoms with Gasteiger partial charge in [-0.25, -0.2) is 9.78 Å². The topological polar surface area (TPSA) is 79.1 Å². The molecule has 0 spiro atoms. The maximum Gasteiger partial charge on any atom is 0.373 e. The number of H-pyrrole nitrogens is 1. The van der Waals surface area contributed by atoms with E-state index in [1.807, 2.05) is 24.3 Å². The lowest BCUT2D eigenvalue weighted by molar-refractivity contribution is 0.0662. The van der Waals surface area contributed by atoms with E-state index in [4.69, 9.17) is 9.52 Å². The van der Waals surface area contributed by atoms with Gasteiger partial charge in [0.25, 0.3) is 0 Å². The molecule has 0 unspecified atom stereocenters. The average molecular weight is 242 g/mol. The number of hydrogen-bond acceptors (Lipinski definition) is 3. The monoisotopic (exact) mass is 242 g/mol. The third-order valence-corrected chi connectivity index (χ3v) is 2.81. The van der Waals surface area contributed by atoms with Crippen LogP contribution in [-0.4, -0.2) is 21.0 Å². The molecule has 3 aromatic rings. The number of carboxylic acid groups (broad SMARTS) is 1. The fraction of sp³-hybridized carbons (Fsp3) is 0.0769. The second-order valence-corrected chi connectivity index (χ2v) is 3.99. The van der Waals surface area contributed by atoms with Crippen LogP contribution in [0.25, 0.3) is 22.4 Å². The van der Waals surface area contributed by atoms with Crippen LogP contribution in [0.15, 0.2) is 34.9 Å². The maximum absolute atomic E-state index is 10.9. The largest absolute Gasteiger partial charge is 0.475 e. The molecule has 0 amide bonds. The minimum atomic E-state index is -1.11. The fourth-order valence-corrected chi connectivity index (χ4v) is 1.96. The predicted molar refractivity (Wildman–Crippen MR) is 65.5 cm³/mol. The van der Waals surface area contributed by atoms with E-state index >= 15 is 0 Å². The summed E-state index contributed by atoms with van der Waals surface area (Å²) in [6.45, 7) is 1.62. The number of carboxylic acids is 1. The van der Waals surface area contributed by atoms with Gasteiger partial charge in [-0.3, -0.25) is 0 Å². The third kappa shape index (κ3) is 1.48. The summed E-state index contributed by atoms with van der Waals surface area (Å²) in [4.78, 5) is 18.2. The number of aromatic nitrogens is 2. The van der Waals surface area contributed by atoms with Gasteiger partial charge in [-0.05, 0) is 13.0 Å². The molecular weight excluding hydrogens is 232 g/mol. The van der Waals surface area contributed by atoms with E-state index in [1.165, 1.54) is 0 Å². The smallest absolute Gasteiger partial charge is 0.373 e. The van der Waals surface area contributed by atoms with Gasteiger partial charge in [-0.2, -0.15) is 0 Å². The molecule has 0 aliphatic carbocycles. The lowest BCUT2D eigenvalue weighted by atomic mass is 10.2. The van der Waals surface area contributed by atoms with Gasteiger partial charge < -0.3 is 14.5 Å². The van der Waals surface area contributed by atoms with E-state index < -0.39 is 5.97 Å². The number of aromatic carboxylic acids is 1. The minimum absolute atomic E-state index is 0.115. The zero-order valence-corrected chi connectivity index (χ0v) is 9.60. The summed E-state index contributed by atoms with van der Waals surface area (Å²) in [6.07, 6.45) is 1.77. The Labute approximate surface area is 102 Å². The zero-order valence-electron chi connectivity index (χ0n) is 9.60. The van der Waals surface area contributed by atoms with Gasteiger partial charge in [0.1, 0.15) is 0 Å². The lowest BCUT2D eigenvalue weighted by Gasteiger charge is -1.92. The third-order valence-electron chi connectivity index (χ3n) is 2.81. The highest BCUT2D eigenvalue weighted by Gasteiger charge is 2.18. The summed E-state index contributed by atoms with van der Waals surface area (Å²) < 4.78 is 5.30. The molecule has 18 heavy (non-hydrogen) atoms. The average Bonchev–Trinajstić information content (AvgIpc) is 2.92. The van der Waals surface area contributed by atoms with Crippen molar-refractivity contribution in [1.29, 1.82) is 0 Å². The summed E-state index contributed by atoms with van der Waals surface area (Å²) in [5.41, 5.74) is 2.10. The van der Waals surface area contributed by atoms with Crippen molar-refractivity contribution in [2.24, 2.45) is 0 Å². The van der Waals surface area contributed by atoms with Crippen molar-refractivity contribution in [2.45, 2.75) is 6.92 Å². The van der Waals surface area contributed by atoms with Crippen LogP contribution in [0.2, 0.25) is 0 Å². The number of nitrogens with zero attached hydrogens (tertiary/aromatic N) is 1. The first-order chi connectivity index (χ1) is 8.66. The van der Waals surface area contributed by atoms with E-state index in [9.17, 15) is 4.79 Å². The first kappa shape index (κ1) is 10.6. The highest BCUT2D eigenvalue weighted by Crippen LogP contribution is 2.29. The van der Waals surface area contributed by atoms with Crippen molar-refractivity contribution in [3.63, 3.8) is 0 Å². The number of hydrogen-bond donors (Lipinski definition) is 2. The van der Waals surface area contributed by atoms with E-state index in [1.54, 1.807) is 13.1 Å². The minimum Gasteiger partial charge on any atom is -0.475 e. The molecule has 1 aromatic carbocycles. The number of rotatable bonds is 2. The van der Waals surface area contributed by atoms with Crippen molar-refractivity contribution in [1.82, 2.24) is 9.97 Å². The lowest BCUT2D eigenvalue weighted by Crippen LogP contribution is -1.95. The van der Waals surface area contributed by atoms with Gasteiger partial charge in [-0.15, -0.1) is 0 Å². The number of carbonyl (C=O) groups is 1. The highest BCUT2D eigenvalue weighted by atomic mass is 16.4. The first-order valence-electron chi connectivity index (χ1n) is 5.44. The molecule has 0 atom stereocenters. The molecule has 2 N–H and O–H groups in total. The van der Waals surface area contributed by atoms with E-state index in [0.29, 0.717) is 11.6 Å². The molecular formula is C13H10N2O3. The molecule has 0 radical (unpaired) electrons. The van der Waals surface area contributed by atoms with E-state index in [2.05, 4.69) is 9.97 Å². The van der Waals surface area contributed by atoms with Crippen molar-refractivity contribution in [3.05, 3.63) is 41.9 Å². The Hall–Kier alpha value is -2.56. The predicted octanol–water partition coefficient (Wildman–Crippen LogP) is 2.83. The molecule has 0 aliphatic rings. The Morgan fingerprint density at radius 1 is 1.39 bits per heavy atom. The van der Waals surface area contributed by atoms with Crippen molar-refractivity contribution < 1.29 is 14.3 Å². The molecule has 3 rings (SSSR count). The van der Waals surface area contributed by atoms with Gasteiger partial charge in [0.2, 0.25) is 11.7 Å². The van der Waals surface area contributed by atoms with Crippen molar-refractivity contribution in [3.8, 4) is 11.5 Å². The van der Waals surface area contributed by atoms with Crippen LogP contribution in [0.3, 0.4) is 0 Å². The molecule has 0 fully saturated rings. The summed E-state index contributed by atoms with van der Waals surface area (Å²) in [6, 6.07) is 7.70. The Bertz CT molecular complexity index is 740. The molecule has 2 heterocycles. The SMILES string of the molecule is Cc1nc(-c2c[nH]c3ccccc23)oc1C(=O)O.